The van der Waals surface area contributed by atoms with Crippen LogP contribution in [0.1, 0.15) is 48.9 Å². The van der Waals surface area contributed by atoms with Crippen molar-refractivity contribution in [3.63, 3.8) is 0 Å². The van der Waals surface area contributed by atoms with Gasteiger partial charge in [0.1, 0.15) is 24.7 Å². The molecule has 0 spiro atoms. The van der Waals surface area contributed by atoms with E-state index in [4.69, 9.17) is 14.2 Å². The van der Waals surface area contributed by atoms with Crippen molar-refractivity contribution in [3.8, 4) is 17.2 Å². The summed E-state index contributed by atoms with van der Waals surface area (Å²) in [7, 11) is 0. The number of carbonyl (C=O) groups is 2. The van der Waals surface area contributed by atoms with Gasteiger partial charge in [-0.3, -0.25) is 14.6 Å². The maximum absolute atomic E-state index is 13.4. The van der Waals surface area contributed by atoms with Gasteiger partial charge in [0.25, 0.3) is 11.7 Å². The molecule has 0 saturated carbocycles. The van der Waals surface area contributed by atoms with Gasteiger partial charge in [0.15, 0.2) is 11.5 Å². The van der Waals surface area contributed by atoms with E-state index in [0.717, 1.165) is 24.8 Å². The molecule has 0 radical (unpaired) electrons. The summed E-state index contributed by atoms with van der Waals surface area (Å²) in [5.74, 6) is 0.0609. The summed E-state index contributed by atoms with van der Waals surface area (Å²) < 4.78 is 17.1. The molecule has 1 atom stereocenters. The van der Waals surface area contributed by atoms with E-state index in [1.807, 2.05) is 30.3 Å². The van der Waals surface area contributed by atoms with Crippen molar-refractivity contribution in [1.82, 2.24) is 9.88 Å². The Morgan fingerprint density at radius 2 is 1.84 bits per heavy atom. The Morgan fingerprint density at radius 3 is 2.58 bits per heavy atom. The fraction of sp³-hybridized carbons (Fsp3) is 0.300. The van der Waals surface area contributed by atoms with Gasteiger partial charge in [-0.15, -0.1) is 0 Å². The van der Waals surface area contributed by atoms with Gasteiger partial charge in [-0.05, 0) is 53.9 Å². The smallest absolute Gasteiger partial charge is 0.295 e. The topological polar surface area (TPSA) is 98.2 Å². The number of fused-ring (bicyclic) bond motifs is 1. The van der Waals surface area contributed by atoms with Gasteiger partial charge >= 0.3 is 0 Å². The first-order valence-electron chi connectivity index (χ1n) is 12.9. The number of aromatic nitrogens is 1. The Morgan fingerprint density at radius 1 is 1.05 bits per heavy atom. The predicted molar refractivity (Wildman–Crippen MR) is 141 cm³/mol. The van der Waals surface area contributed by atoms with Crippen molar-refractivity contribution in [2.45, 2.75) is 38.8 Å². The molecule has 3 heterocycles. The summed E-state index contributed by atoms with van der Waals surface area (Å²) in [6.07, 6.45) is 6.49. The van der Waals surface area contributed by atoms with E-state index in [1.54, 1.807) is 36.7 Å². The van der Waals surface area contributed by atoms with E-state index in [0.29, 0.717) is 48.2 Å². The highest BCUT2D eigenvalue weighted by Gasteiger charge is 2.46. The molecule has 0 unspecified atom stereocenters. The fourth-order valence-corrected chi connectivity index (χ4v) is 4.71. The zero-order valence-corrected chi connectivity index (χ0v) is 21.3. The zero-order valence-electron chi connectivity index (χ0n) is 21.3. The molecule has 0 aliphatic carbocycles. The second-order valence-electron chi connectivity index (χ2n) is 9.27. The summed E-state index contributed by atoms with van der Waals surface area (Å²) in [6.45, 7) is 3.75. The quantitative estimate of drug-likeness (QED) is 0.185. The van der Waals surface area contributed by atoms with E-state index >= 15 is 0 Å². The van der Waals surface area contributed by atoms with E-state index in [2.05, 4.69) is 11.9 Å². The number of carbonyl (C=O) groups excluding carboxylic acids is 2. The maximum Gasteiger partial charge on any atom is 0.295 e. The Balaban J connectivity index is 1.53. The minimum atomic E-state index is -0.794. The first kappa shape index (κ1) is 25.3. The third-order valence-corrected chi connectivity index (χ3v) is 6.64. The normalized spacial score (nSPS) is 18.0. The maximum atomic E-state index is 13.4. The van der Waals surface area contributed by atoms with Gasteiger partial charge in [-0.1, -0.05) is 38.0 Å². The largest absolute Gasteiger partial charge is 0.507 e. The molecule has 1 saturated heterocycles. The molecule has 38 heavy (non-hydrogen) atoms. The lowest BCUT2D eigenvalue weighted by Crippen LogP contribution is -2.29. The van der Waals surface area contributed by atoms with Gasteiger partial charge in [-0.25, -0.2) is 0 Å². The second-order valence-corrected chi connectivity index (χ2v) is 9.27. The number of aliphatic hydroxyl groups is 1. The lowest BCUT2D eigenvalue weighted by atomic mass is 9.95. The molecule has 5 rings (SSSR count). The molecule has 2 aliphatic heterocycles. The minimum absolute atomic E-state index is 0.0205. The number of amides is 1. The van der Waals surface area contributed by atoms with Crippen molar-refractivity contribution in [1.29, 1.82) is 0 Å². The SMILES string of the molecule is CCCCCOc1ccc([C@H]2C(=C(O)c3ccc4c(c3)OCCO4)C(=O)C(=O)N2Cc2cccnc2)cc1. The van der Waals surface area contributed by atoms with Gasteiger partial charge in [0, 0.05) is 24.5 Å². The number of hydrogen-bond acceptors (Lipinski definition) is 7. The number of rotatable bonds is 9. The number of Topliss-reactive ketones (excluding diaryl/α,β-unsaturated/α-hetero) is 1. The number of nitrogens with zero attached hydrogens (tertiary/aromatic N) is 2. The third kappa shape index (κ3) is 5.20. The van der Waals surface area contributed by atoms with Crippen LogP contribution in [0.3, 0.4) is 0 Å². The Bertz CT molecular complexity index is 1340. The third-order valence-electron chi connectivity index (χ3n) is 6.64. The summed E-state index contributed by atoms with van der Waals surface area (Å²) in [5, 5.41) is 11.4. The molecule has 3 aromatic rings. The number of likely N-dealkylation sites (tertiary alicyclic amines) is 1. The highest BCUT2D eigenvalue weighted by atomic mass is 16.6. The number of hydrogen-bond donors (Lipinski definition) is 1. The highest BCUT2D eigenvalue weighted by molar-refractivity contribution is 6.46. The van der Waals surface area contributed by atoms with Crippen LogP contribution in [0.4, 0.5) is 0 Å². The van der Waals surface area contributed by atoms with Gasteiger partial charge in [0.05, 0.1) is 18.2 Å². The molecule has 2 aliphatic rings. The van der Waals surface area contributed by atoms with Crippen LogP contribution in [0.2, 0.25) is 0 Å². The Labute approximate surface area is 221 Å². The van der Waals surface area contributed by atoms with Gasteiger partial charge in [-0.2, -0.15) is 0 Å². The second kappa shape index (κ2) is 11.4. The van der Waals surface area contributed by atoms with Crippen LogP contribution >= 0.6 is 0 Å². The molecule has 1 amide bonds. The van der Waals surface area contributed by atoms with Gasteiger partial charge in [0.2, 0.25) is 0 Å². The minimum Gasteiger partial charge on any atom is -0.507 e. The van der Waals surface area contributed by atoms with Crippen molar-refractivity contribution in [2.24, 2.45) is 0 Å². The summed E-state index contributed by atoms with van der Waals surface area (Å²) in [4.78, 5) is 32.3. The lowest BCUT2D eigenvalue weighted by molar-refractivity contribution is -0.140. The standard InChI is InChI=1S/C30H30N2O6/c1-2-3-4-14-36-23-10-7-21(8-11-23)27-26(28(33)22-9-12-24-25(17-22)38-16-15-37-24)29(34)30(35)32(27)19-20-6-5-13-31-18-20/h5-13,17-18,27,33H,2-4,14-16,19H2,1H3/t27-/m0/s1. The van der Waals surface area contributed by atoms with Crippen LogP contribution < -0.4 is 14.2 Å². The predicted octanol–water partition coefficient (Wildman–Crippen LogP) is 5.04. The molecular formula is C30H30N2O6. The molecule has 196 valence electrons. The van der Waals surface area contributed by atoms with Crippen LogP contribution in [0.5, 0.6) is 17.2 Å². The first-order chi connectivity index (χ1) is 18.6. The van der Waals surface area contributed by atoms with Crippen LogP contribution in [0, 0.1) is 0 Å². The van der Waals surface area contributed by atoms with E-state index in [-0.39, 0.29) is 17.9 Å². The number of aliphatic hydroxyl groups excluding tert-OH is 1. The molecule has 8 heteroatoms. The van der Waals surface area contributed by atoms with Gasteiger partial charge < -0.3 is 24.2 Å². The number of unbranched alkanes of at least 4 members (excludes halogenated alkanes) is 2. The lowest BCUT2D eigenvalue weighted by Gasteiger charge is -2.25. The number of ether oxygens (including phenoxy) is 3. The number of benzene rings is 2. The van der Waals surface area contributed by atoms with Crippen molar-refractivity contribution in [3.05, 3.63) is 89.3 Å². The van der Waals surface area contributed by atoms with Crippen LogP contribution in [0.15, 0.2) is 72.6 Å². The molecule has 1 N–H and O–H groups in total. The monoisotopic (exact) mass is 514 g/mol. The summed E-state index contributed by atoms with van der Waals surface area (Å²) >= 11 is 0. The number of pyridine rings is 1. The molecule has 8 nitrogen and oxygen atoms in total. The fourth-order valence-electron chi connectivity index (χ4n) is 4.71. The molecule has 1 aromatic heterocycles. The number of ketones is 1. The van der Waals surface area contributed by atoms with Crippen LogP contribution in [-0.4, -0.2) is 46.5 Å². The van der Waals surface area contributed by atoms with E-state index in [9.17, 15) is 14.7 Å². The summed E-state index contributed by atoms with van der Waals surface area (Å²) in [5.41, 5.74) is 1.85. The average molecular weight is 515 g/mol. The van der Waals surface area contributed by atoms with E-state index in [1.165, 1.54) is 4.90 Å². The van der Waals surface area contributed by atoms with Crippen molar-refractivity contribution in [2.75, 3.05) is 19.8 Å². The zero-order chi connectivity index (χ0) is 26.5. The Hall–Kier alpha value is -4.33. The van der Waals surface area contributed by atoms with Crippen molar-refractivity contribution < 1.29 is 28.9 Å². The molecule has 0 bridgehead atoms. The van der Waals surface area contributed by atoms with Crippen LogP contribution in [-0.2, 0) is 16.1 Å². The average Bonchev–Trinajstić information content (AvgIpc) is 3.20. The van der Waals surface area contributed by atoms with Crippen LogP contribution in [0.25, 0.3) is 5.76 Å². The van der Waals surface area contributed by atoms with Crippen molar-refractivity contribution >= 4 is 17.4 Å². The molecule has 1 fully saturated rings. The van der Waals surface area contributed by atoms with E-state index < -0.39 is 17.7 Å². The highest BCUT2D eigenvalue weighted by Crippen LogP contribution is 2.42. The summed E-state index contributed by atoms with van der Waals surface area (Å²) in [6, 6.07) is 15.1. The first-order valence-corrected chi connectivity index (χ1v) is 12.9. The molecular weight excluding hydrogens is 484 g/mol. The molecule has 2 aromatic carbocycles. The Kier molecular flexibility index (Phi) is 7.58.